The maximum absolute atomic E-state index is 12.3. The number of carbonyl (C=O) groups is 2. The van der Waals surface area contributed by atoms with Crippen molar-refractivity contribution in [3.8, 4) is 0 Å². The molecule has 0 saturated heterocycles. The molecule has 136 valence electrons. The van der Waals surface area contributed by atoms with Crippen LogP contribution in [0.4, 0.5) is 5.69 Å². The molecule has 2 rings (SSSR count). The highest BCUT2D eigenvalue weighted by Crippen LogP contribution is 2.16. The van der Waals surface area contributed by atoms with Crippen LogP contribution in [-0.4, -0.2) is 37.9 Å². The molecule has 25 heavy (non-hydrogen) atoms. The van der Waals surface area contributed by atoms with E-state index in [0.717, 1.165) is 0 Å². The van der Waals surface area contributed by atoms with Gasteiger partial charge in [-0.25, -0.2) is 0 Å². The highest BCUT2D eigenvalue weighted by atomic mass is 35.5. The van der Waals surface area contributed by atoms with Gasteiger partial charge in [0.2, 0.25) is 5.91 Å². The Hall–Kier alpha value is -2.35. The van der Waals surface area contributed by atoms with Crippen molar-refractivity contribution in [2.45, 2.75) is 40.8 Å². The number of hydrogen-bond acceptors (Lipinski definition) is 4. The summed E-state index contributed by atoms with van der Waals surface area (Å²) in [4.78, 5) is 24.6. The Kier molecular flexibility index (Phi) is 6.19. The maximum Gasteiger partial charge on any atom is 0.273 e. The zero-order chi connectivity index (χ0) is 18.6. The molecule has 0 bridgehead atoms. The minimum atomic E-state index is -0.311. The van der Waals surface area contributed by atoms with Gasteiger partial charge >= 0.3 is 0 Å². The molecule has 0 unspecified atom stereocenters. The highest BCUT2D eigenvalue weighted by Gasteiger charge is 2.19. The van der Waals surface area contributed by atoms with Gasteiger partial charge in [-0.2, -0.15) is 10.2 Å². The van der Waals surface area contributed by atoms with Crippen LogP contribution in [0.2, 0.25) is 5.02 Å². The summed E-state index contributed by atoms with van der Waals surface area (Å²) >= 11 is 5.94. The number of carbonyl (C=O) groups excluding carboxylic acids is 2. The van der Waals surface area contributed by atoms with E-state index in [9.17, 15) is 9.59 Å². The first-order valence-electron chi connectivity index (χ1n) is 8.15. The summed E-state index contributed by atoms with van der Waals surface area (Å²) in [5.74, 6) is -0.297. The van der Waals surface area contributed by atoms with E-state index in [-0.39, 0.29) is 24.1 Å². The zero-order valence-corrected chi connectivity index (χ0v) is 15.6. The van der Waals surface area contributed by atoms with Gasteiger partial charge < -0.3 is 10.6 Å². The first-order chi connectivity index (χ1) is 11.8. The summed E-state index contributed by atoms with van der Waals surface area (Å²) < 4.78 is 3.11. The number of rotatable bonds is 7. The molecule has 0 fully saturated rings. The van der Waals surface area contributed by atoms with Crippen molar-refractivity contribution >= 4 is 29.1 Å². The van der Waals surface area contributed by atoms with Gasteiger partial charge in [-0.1, -0.05) is 25.4 Å². The summed E-state index contributed by atoms with van der Waals surface area (Å²) in [5.41, 5.74) is 1.28. The first kappa shape index (κ1) is 19.0. The molecule has 2 amide bonds. The highest BCUT2D eigenvalue weighted by molar-refractivity contribution is 6.31. The lowest BCUT2D eigenvalue weighted by Gasteiger charge is -2.08. The van der Waals surface area contributed by atoms with Crippen LogP contribution in [0.25, 0.3) is 0 Å². The summed E-state index contributed by atoms with van der Waals surface area (Å²) in [6.07, 6.45) is 3.13. The van der Waals surface area contributed by atoms with Gasteiger partial charge in [-0.3, -0.25) is 19.0 Å². The lowest BCUT2D eigenvalue weighted by atomic mass is 10.2. The third-order valence-electron chi connectivity index (χ3n) is 3.58. The number of nitrogens with zero attached hydrogens (tertiary/aromatic N) is 4. The van der Waals surface area contributed by atoms with Gasteiger partial charge in [0.05, 0.1) is 22.6 Å². The van der Waals surface area contributed by atoms with Crippen molar-refractivity contribution in [2.24, 2.45) is 5.92 Å². The molecule has 0 aliphatic heterocycles. The fraction of sp³-hybridized carbons (Fsp3) is 0.500. The van der Waals surface area contributed by atoms with Crippen LogP contribution in [0.5, 0.6) is 0 Å². The number of aromatic nitrogens is 4. The number of aryl methyl sites for hydroxylation is 1. The predicted octanol–water partition coefficient (Wildman–Crippen LogP) is 2.09. The van der Waals surface area contributed by atoms with E-state index >= 15 is 0 Å². The van der Waals surface area contributed by atoms with Crippen LogP contribution in [0.15, 0.2) is 12.4 Å². The molecular formula is C16H23ClN6O2. The van der Waals surface area contributed by atoms with E-state index < -0.39 is 0 Å². The lowest BCUT2D eigenvalue weighted by Crippen LogP contribution is -2.29. The molecule has 8 nitrogen and oxygen atoms in total. The largest absolute Gasteiger partial charge is 0.350 e. The third kappa shape index (κ3) is 4.82. The van der Waals surface area contributed by atoms with E-state index in [4.69, 9.17) is 11.6 Å². The van der Waals surface area contributed by atoms with Crippen LogP contribution in [0.1, 0.15) is 37.0 Å². The monoisotopic (exact) mass is 366 g/mol. The molecule has 0 radical (unpaired) electrons. The fourth-order valence-electron chi connectivity index (χ4n) is 2.13. The van der Waals surface area contributed by atoms with Crippen LogP contribution >= 0.6 is 11.6 Å². The maximum atomic E-state index is 12.3. The number of halogens is 1. The molecule has 0 aliphatic carbocycles. The van der Waals surface area contributed by atoms with Crippen LogP contribution < -0.4 is 10.6 Å². The molecule has 0 aromatic carbocycles. The Bertz CT molecular complexity index is 765. The van der Waals surface area contributed by atoms with Gasteiger partial charge in [0.25, 0.3) is 5.91 Å². The number of amides is 2. The quantitative estimate of drug-likeness (QED) is 0.784. The fourth-order valence-corrected chi connectivity index (χ4v) is 2.27. The molecule has 0 saturated carbocycles. The minimum absolute atomic E-state index is 0.00289. The van der Waals surface area contributed by atoms with E-state index in [1.54, 1.807) is 17.8 Å². The summed E-state index contributed by atoms with van der Waals surface area (Å²) in [7, 11) is 0. The predicted molar refractivity (Wildman–Crippen MR) is 95.7 cm³/mol. The second-order valence-corrected chi connectivity index (χ2v) is 6.54. The van der Waals surface area contributed by atoms with Crippen LogP contribution in [0, 0.1) is 12.8 Å². The van der Waals surface area contributed by atoms with Gasteiger partial charge in [-0.15, -0.1) is 0 Å². The summed E-state index contributed by atoms with van der Waals surface area (Å²) in [6, 6.07) is 0. The average Bonchev–Trinajstić information content (AvgIpc) is 3.10. The Labute approximate surface area is 151 Å². The van der Waals surface area contributed by atoms with Crippen molar-refractivity contribution in [2.75, 3.05) is 11.9 Å². The van der Waals surface area contributed by atoms with Crippen LogP contribution in [0.3, 0.4) is 0 Å². The van der Waals surface area contributed by atoms with Gasteiger partial charge in [0.1, 0.15) is 6.54 Å². The first-order valence-corrected chi connectivity index (χ1v) is 8.53. The van der Waals surface area contributed by atoms with Gasteiger partial charge in [-0.05, 0) is 19.8 Å². The topological polar surface area (TPSA) is 93.8 Å². The third-order valence-corrected chi connectivity index (χ3v) is 3.95. The molecule has 0 atom stereocenters. The standard InChI is InChI=1S/C16H23ClN6O2/c1-5-22-8-13(15(21-22)16(25)18-6-10(2)3)20-14(24)9-23-11(4)12(17)7-19-23/h7-8,10H,5-6,9H2,1-4H3,(H,18,25)(H,20,24). The normalized spacial score (nSPS) is 11.0. The lowest BCUT2D eigenvalue weighted by molar-refractivity contribution is -0.116. The molecule has 0 spiro atoms. The van der Waals surface area contributed by atoms with Crippen molar-refractivity contribution in [3.63, 3.8) is 0 Å². The van der Waals surface area contributed by atoms with E-state index in [2.05, 4.69) is 20.8 Å². The Morgan fingerprint density at radius 3 is 2.64 bits per heavy atom. The average molecular weight is 367 g/mol. The van der Waals surface area contributed by atoms with E-state index in [1.807, 2.05) is 20.8 Å². The minimum Gasteiger partial charge on any atom is -0.350 e. The second-order valence-electron chi connectivity index (χ2n) is 6.13. The van der Waals surface area contributed by atoms with Crippen molar-refractivity contribution in [1.29, 1.82) is 0 Å². The van der Waals surface area contributed by atoms with E-state index in [0.29, 0.717) is 35.4 Å². The zero-order valence-electron chi connectivity index (χ0n) is 14.8. The van der Waals surface area contributed by atoms with Gasteiger partial charge in [0.15, 0.2) is 5.69 Å². The summed E-state index contributed by atoms with van der Waals surface area (Å²) in [5, 5.41) is 14.3. The molecule has 2 heterocycles. The molecule has 0 aliphatic rings. The Morgan fingerprint density at radius 1 is 1.36 bits per heavy atom. The SMILES string of the molecule is CCn1cc(NC(=O)Cn2ncc(Cl)c2C)c(C(=O)NCC(C)C)n1. The molecule has 2 aromatic rings. The smallest absolute Gasteiger partial charge is 0.273 e. The second kappa shape index (κ2) is 8.15. The molecule has 9 heteroatoms. The Balaban J connectivity index is 2.12. The van der Waals surface area contributed by atoms with Crippen molar-refractivity contribution < 1.29 is 9.59 Å². The number of hydrogen-bond donors (Lipinski definition) is 2. The number of anilines is 1. The summed E-state index contributed by atoms with van der Waals surface area (Å²) in [6.45, 7) is 8.83. The molecule has 2 aromatic heterocycles. The Morgan fingerprint density at radius 2 is 2.08 bits per heavy atom. The van der Waals surface area contributed by atoms with Crippen molar-refractivity contribution in [1.82, 2.24) is 24.9 Å². The molecule has 2 N–H and O–H groups in total. The number of nitrogens with one attached hydrogen (secondary N) is 2. The van der Waals surface area contributed by atoms with Crippen LogP contribution in [-0.2, 0) is 17.9 Å². The molecular weight excluding hydrogens is 344 g/mol. The van der Waals surface area contributed by atoms with Gasteiger partial charge in [0, 0.05) is 19.3 Å². The van der Waals surface area contributed by atoms with E-state index in [1.165, 1.54) is 10.9 Å². The van der Waals surface area contributed by atoms with Crippen molar-refractivity contribution in [3.05, 3.63) is 28.8 Å².